The molecule has 1 atom stereocenters. The molecule has 3 nitrogen and oxygen atoms in total. The van der Waals surface area contributed by atoms with Gasteiger partial charge in [0.1, 0.15) is 0 Å². The fraction of sp³-hybridized carbons (Fsp3) is 1.00. The highest BCUT2D eigenvalue weighted by Crippen LogP contribution is 2.25. The van der Waals surface area contributed by atoms with Crippen molar-refractivity contribution >= 4 is 21.6 Å². The average molecular weight is 282 g/mol. The van der Waals surface area contributed by atoms with Crippen molar-refractivity contribution in [2.75, 3.05) is 6.54 Å². The predicted octanol–water partition coefficient (Wildman–Crippen LogP) is 2.89. The summed E-state index contributed by atoms with van der Waals surface area (Å²) >= 11 is 6.15. The molecule has 0 bridgehead atoms. The lowest BCUT2D eigenvalue weighted by molar-refractivity contribution is 0.369. The Morgan fingerprint density at radius 3 is 2.29 bits per heavy atom. The number of nitrogens with one attached hydrogen (secondary N) is 1. The minimum absolute atomic E-state index is 0.130. The second-order valence-corrected chi connectivity index (χ2v) is 8.82. The summed E-state index contributed by atoms with van der Waals surface area (Å²) in [5, 5.41) is -0.327. The molecular weight excluding hydrogens is 258 g/mol. The van der Waals surface area contributed by atoms with Crippen LogP contribution in [0, 0.1) is 5.41 Å². The SMILES string of the molecule is CC(C)(C)CC(Cl)CNS(=O)(=O)C1CCCC1. The zero-order chi connectivity index (χ0) is 13.1. The third kappa shape index (κ3) is 5.58. The van der Waals surface area contributed by atoms with Gasteiger partial charge in [-0.25, -0.2) is 13.1 Å². The largest absolute Gasteiger partial charge is 0.214 e. The maximum atomic E-state index is 11.9. The standard InChI is InChI=1S/C12H24ClNO2S/c1-12(2,3)8-10(13)9-14-17(15,16)11-6-4-5-7-11/h10-11,14H,4-9H2,1-3H3. The van der Waals surface area contributed by atoms with Gasteiger partial charge in [-0.05, 0) is 24.7 Å². The van der Waals surface area contributed by atoms with E-state index in [4.69, 9.17) is 11.6 Å². The van der Waals surface area contributed by atoms with E-state index < -0.39 is 10.0 Å². The summed E-state index contributed by atoms with van der Waals surface area (Å²) in [6.45, 7) is 6.66. The molecule has 0 aromatic carbocycles. The quantitative estimate of drug-likeness (QED) is 0.788. The molecule has 1 rings (SSSR count). The summed E-state index contributed by atoms with van der Waals surface area (Å²) in [5.74, 6) is 0. The van der Waals surface area contributed by atoms with E-state index >= 15 is 0 Å². The zero-order valence-electron chi connectivity index (χ0n) is 11.0. The molecule has 1 aliphatic carbocycles. The van der Waals surface area contributed by atoms with Gasteiger partial charge in [0.2, 0.25) is 10.0 Å². The Hall–Kier alpha value is 0.200. The molecule has 0 aromatic heterocycles. The van der Waals surface area contributed by atoms with Gasteiger partial charge in [0.15, 0.2) is 0 Å². The van der Waals surface area contributed by atoms with E-state index in [0.29, 0.717) is 6.54 Å². The van der Waals surface area contributed by atoms with Crippen molar-refractivity contribution in [2.45, 2.75) is 63.5 Å². The van der Waals surface area contributed by atoms with Crippen LogP contribution in [-0.2, 0) is 10.0 Å². The normalized spacial score (nSPS) is 20.7. The van der Waals surface area contributed by atoms with Crippen LogP contribution in [0.3, 0.4) is 0 Å². The molecule has 0 radical (unpaired) electrons. The molecule has 1 N–H and O–H groups in total. The van der Waals surface area contributed by atoms with Gasteiger partial charge >= 0.3 is 0 Å². The molecule has 0 spiro atoms. The van der Waals surface area contributed by atoms with Crippen LogP contribution in [-0.4, -0.2) is 25.6 Å². The first kappa shape index (κ1) is 15.3. The lowest BCUT2D eigenvalue weighted by Crippen LogP contribution is -2.37. The summed E-state index contributed by atoms with van der Waals surface area (Å²) in [4.78, 5) is 0. The van der Waals surface area contributed by atoms with Crippen LogP contribution in [0.25, 0.3) is 0 Å². The number of hydrogen-bond donors (Lipinski definition) is 1. The molecule has 1 fully saturated rings. The van der Waals surface area contributed by atoms with Gasteiger partial charge in [0.25, 0.3) is 0 Å². The van der Waals surface area contributed by atoms with E-state index in [9.17, 15) is 8.42 Å². The molecule has 0 amide bonds. The molecular formula is C12H24ClNO2S. The lowest BCUT2D eigenvalue weighted by Gasteiger charge is -2.22. The van der Waals surface area contributed by atoms with Crippen LogP contribution in [0.1, 0.15) is 52.9 Å². The summed E-state index contributed by atoms with van der Waals surface area (Å²) in [5.41, 5.74) is 0.130. The maximum absolute atomic E-state index is 11.9. The Bertz CT molecular complexity index is 329. The topological polar surface area (TPSA) is 46.2 Å². The van der Waals surface area contributed by atoms with E-state index in [1.165, 1.54) is 0 Å². The average Bonchev–Trinajstić information content (AvgIpc) is 2.65. The molecule has 0 heterocycles. The third-order valence-electron chi connectivity index (χ3n) is 3.08. The monoisotopic (exact) mass is 281 g/mol. The molecule has 1 saturated carbocycles. The molecule has 1 aliphatic rings. The molecule has 1 unspecified atom stereocenters. The summed E-state index contributed by atoms with van der Waals surface area (Å²) < 4.78 is 26.5. The molecule has 17 heavy (non-hydrogen) atoms. The Kier molecular flexibility index (Phi) is 5.29. The third-order valence-corrected chi connectivity index (χ3v) is 5.31. The van der Waals surface area contributed by atoms with Gasteiger partial charge in [0.05, 0.1) is 5.25 Å². The van der Waals surface area contributed by atoms with Gasteiger partial charge in [0, 0.05) is 11.9 Å². The van der Waals surface area contributed by atoms with Crippen LogP contribution >= 0.6 is 11.6 Å². The van der Waals surface area contributed by atoms with Gasteiger partial charge in [-0.3, -0.25) is 0 Å². The number of alkyl halides is 1. The van der Waals surface area contributed by atoms with Crippen molar-refractivity contribution in [3.63, 3.8) is 0 Å². The Balaban J connectivity index is 2.39. The van der Waals surface area contributed by atoms with Crippen LogP contribution in [0.15, 0.2) is 0 Å². The van der Waals surface area contributed by atoms with E-state index in [-0.39, 0.29) is 16.0 Å². The van der Waals surface area contributed by atoms with Crippen LogP contribution < -0.4 is 4.72 Å². The zero-order valence-corrected chi connectivity index (χ0v) is 12.6. The highest BCUT2D eigenvalue weighted by Gasteiger charge is 2.29. The fourth-order valence-corrected chi connectivity index (χ4v) is 4.51. The van der Waals surface area contributed by atoms with Crippen molar-refractivity contribution in [1.29, 1.82) is 0 Å². The summed E-state index contributed by atoms with van der Waals surface area (Å²) in [6, 6.07) is 0. The first-order chi connectivity index (χ1) is 7.71. The summed E-state index contributed by atoms with van der Waals surface area (Å²) in [6.07, 6.45) is 4.45. The van der Waals surface area contributed by atoms with Gasteiger partial charge in [-0.2, -0.15) is 0 Å². The van der Waals surface area contributed by atoms with E-state index in [1.54, 1.807) is 0 Å². The van der Waals surface area contributed by atoms with Crippen molar-refractivity contribution in [1.82, 2.24) is 4.72 Å². The highest BCUT2D eigenvalue weighted by atomic mass is 35.5. The van der Waals surface area contributed by atoms with Crippen molar-refractivity contribution in [3.8, 4) is 0 Å². The van der Waals surface area contributed by atoms with Gasteiger partial charge in [-0.1, -0.05) is 33.6 Å². The molecule has 102 valence electrons. The number of hydrogen-bond acceptors (Lipinski definition) is 2. The van der Waals surface area contributed by atoms with Gasteiger partial charge in [-0.15, -0.1) is 11.6 Å². The Morgan fingerprint density at radius 2 is 1.82 bits per heavy atom. The Morgan fingerprint density at radius 1 is 1.29 bits per heavy atom. The lowest BCUT2D eigenvalue weighted by atomic mass is 9.90. The highest BCUT2D eigenvalue weighted by molar-refractivity contribution is 7.90. The van der Waals surface area contributed by atoms with Crippen LogP contribution in [0.5, 0.6) is 0 Å². The second kappa shape index (κ2) is 5.89. The molecule has 0 saturated heterocycles. The summed E-state index contributed by atoms with van der Waals surface area (Å²) in [7, 11) is -3.15. The number of halogens is 1. The van der Waals surface area contributed by atoms with Crippen molar-refractivity contribution in [3.05, 3.63) is 0 Å². The van der Waals surface area contributed by atoms with Crippen LogP contribution in [0.4, 0.5) is 0 Å². The minimum Gasteiger partial charge on any atom is -0.214 e. The molecule has 0 aromatic rings. The molecule has 0 aliphatic heterocycles. The van der Waals surface area contributed by atoms with Crippen molar-refractivity contribution < 1.29 is 8.42 Å². The fourth-order valence-electron chi connectivity index (χ4n) is 2.26. The smallest absolute Gasteiger partial charge is 0.214 e. The second-order valence-electron chi connectivity index (χ2n) is 6.16. The van der Waals surface area contributed by atoms with E-state index in [0.717, 1.165) is 32.1 Å². The van der Waals surface area contributed by atoms with Crippen LogP contribution in [0.2, 0.25) is 0 Å². The first-order valence-corrected chi connectivity index (χ1v) is 8.31. The van der Waals surface area contributed by atoms with E-state index in [2.05, 4.69) is 25.5 Å². The number of rotatable bonds is 5. The maximum Gasteiger partial charge on any atom is 0.214 e. The minimum atomic E-state index is -3.15. The number of sulfonamides is 1. The van der Waals surface area contributed by atoms with Gasteiger partial charge < -0.3 is 0 Å². The van der Waals surface area contributed by atoms with E-state index in [1.807, 2.05) is 0 Å². The molecule has 5 heteroatoms. The predicted molar refractivity (Wildman–Crippen MR) is 72.9 cm³/mol. The van der Waals surface area contributed by atoms with Crippen molar-refractivity contribution in [2.24, 2.45) is 5.41 Å². The first-order valence-electron chi connectivity index (χ1n) is 6.33. The Labute approximate surface area is 110 Å².